The molecule has 5 heteroatoms. The molecular weight excluding hydrogens is 300 g/mol. The van der Waals surface area contributed by atoms with E-state index in [0.29, 0.717) is 0 Å². The minimum Gasteiger partial charge on any atom is -0.353 e. The molecule has 0 aliphatic carbocycles. The Morgan fingerprint density at radius 1 is 1.12 bits per heavy atom. The topological polar surface area (TPSA) is 48.5 Å². The Morgan fingerprint density at radius 3 is 2.46 bits per heavy atom. The predicted molar refractivity (Wildman–Crippen MR) is 98.6 cm³/mol. The Balaban J connectivity index is 1.71. The second-order valence-electron chi connectivity index (χ2n) is 7.48. The highest BCUT2D eigenvalue weighted by atomic mass is 16.2. The molecule has 0 bridgehead atoms. The molecule has 5 nitrogen and oxygen atoms in total. The van der Waals surface area contributed by atoms with Gasteiger partial charge in [-0.15, -0.1) is 0 Å². The van der Waals surface area contributed by atoms with Crippen molar-refractivity contribution in [3.05, 3.63) is 35.9 Å². The molecule has 0 atom stereocenters. The van der Waals surface area contributed by atoms with Gasteiger partial charge in [0.05, 0.1) is 5.52 Å². The predicted octanol–water partition coefficient (Wildman–Crippen LogP) is 3.17. The van der Waals surface area contributed by atoms with Crippen molar-refractivity contribution < 1.29 is 4.79 Å². The molecule has 0 radical (unpaired) electrons. The summed E-state index contributed by atoms with van der Waals surface area (Å²) in [5.41, 5.74) is 2.00. The van der Waals surface area contributed by atoms with Crippen LogP contribution in [0.2, 0.25) is 0 Å². The molecule has 2 amide bonds. The van der Waals surface area contributed by atoms with Gasteiger partial charge in [0.2, 0.25) is 0 Å². The molecule has 1 aromatic carbocycles. The average Bonchev–Trinajstić information content (AvgIpc) is 2.53. The van der Waals surface area contributed by atoms with Crippen molar-refractivity contribution in [2.24, 2.45) is 0 Å². The number of benzene rings is 1. The van der Waals surface area contributed by atoms with Crippen LogP contribution in [0.3, 0.4) is 0 Å². The summed E-state index contributed by atoms with van der Waals surface area (Å²) in [6.45, 7) is 11.2. The zero-order valence-corrected chi connectivity index (χ0v) is 15.0. The van der Waals surface area contributed by atoms with E-state index in [4.69, 9.17) is 4.98 Å². The van der Waals surface area contributed by atoms with Crippen molar-refractivity contribution in [2.45, 2.75) is 33.2 Å². The summed E-state index contributed by atoms with van der Waals surface area (Å²) < 4.78 is 0. The molecule has 2 heterocycles. The number of carbonyl (C=O) groups excluding carboxylic acids is 1. The zero-order chi connectivity index (χ0) is 17.3. The Hall–Kier alpha value is -2.30. The highest BCUT2D eigenvalue weighted by molar-refractivity contribution is 5.82. The van der Waals surface area contributed by atoms with Crippen molar-refractivity contribution in [1.82, 2.24) is 15.2 Å². The van der Waals surface area contributed by atoms with Crippen LogP contribution < -0.4 is 10.2 Å². The minimum atomic E-state index is -0.204. The second kappa shape index (κ2) is 6.30. The number of amides is 2. The normalized spacial score (nSPS) is 15.7. The van der Waals surface area contributed by atoms with Crippen LogP contribution in [0.25, 0.3) is 10.9 Å². The van der Waals surface area contributed by atoms with Crippen LogP contribution in [0.15, 0.2) is 30.3 Å². The maximum absolute atomic E-state index is 12.3. The molecule has 24 heavy (non-hydrogen) atoms. The summed E-state index contributed by atoms with van der Waals surface area (Å²) >= 11 is 0. The molecule has 1 aliphatic rings. The fraction of sp³-hybridized carbons (Fsp3) is 0.474. The van der Waals surface area contributed by atoms with Crippen molar-refractivity contribution in [1.29, 1.82) is 0 Å². The maximum Gasteiger partial charge on any atom is 0.317 e. The van der Waals surface area contributed by atoms with Gasteiger partial charge in [-0.1, -0.05) is 18.2 Å². The second-order valence-corrected chi connectivity index (χ2v) is 7.48. The molecule has 1 aliphatic heterocycles. The van der Waals surface area contributed by atoms with Crippen molar-refractivity contribution >= 4 is 22.8 Å². The molecule has 3 rings (SSSR count). The molecule has 1 aromatic heterocycles. The Labute approximate surface area is 143 Å². The summed E-state index contributed by atoms with van der Waals surface area (Å²) in [7, 11) is 0. The van der Waals surface area contributed by atoms with Gasteiger partial charge >= 0.3 is 6.03 Å². The van der Waals surface area contributed by atoms with Gasteiger partial charge in [0.25, 0.3) is 0 Å². The number of anilines is 1. The molecule has 1 saturated heterocycles. The van der Waals surface area contributed by atoms with E-state index in [2.05, 4.69) is 29.3 Å². The average molecular weight is 326 g/mol. The molecule has 0 spiro atoms. The first-order valence-electron chi connectivity index (χ1n) is 8.52. The van der Waals surface area contributed by atoms with E-state index in [1.54, 1.807) is 0 Å². The fourth-order valence-corrected chi connectivity index (χ4v) is 3.05. The number of hydrogen-bond donors (Lipinski definition) is 1. The molecule has 0 saturated carbocycles. The first-order chi connectivity index (χ1) is 11.3. The van der Waals surface area contributed by atoms with Crippen LogP contribution in [0.1, 0.15) is 26.3 Å². The third-order valence-electron chi connectivity index (χ3n) is 4.24. The van der Waals surface area contributed by atoms with Crippen molar-refractivity contribution in [2.75, 3.05) is 31.1 Å². The molecule has 1 fully saturated rings. The van der Waals surface area contributed by atoms with Gasteiger partial charge in [-0.25, -0.2) is 9.78 Å². The first-order valence-corrected chi connectivity index (χ1v) is 8.52. The van der Waals surface area contributed by atoms with Gasteiger partial charge in [-0.3, -0.25) is 0 Å². The summed E-state index contributed by atoms with van der Waals surface area (Å²) in [6, 6.07) is 10.4. The first kappa shape index (κ1) is 16.6. The summed E-state index contributed by atoms with van der Waals surface area (Å²) in [5, 5.41) is 4.20. The smallest absolute Gasteiger partial charge is 0.317 e. The Bertz CT molecular complexity index is 743. The van der Waals surface area contributed by atoms with Gasteiger partial charge in [0.1, 0.15) is 5.82 Å². The third-order valence-corrected chi connectivity index (χ3v) is 4.24. The van der Waals surface area contributed by atoms with Crippen LogP contribution in [0.4, 0.5) is 10.6 Å². The van der Waals surface area contributed by atoms with E-state index < -0.39 is 0 Å². The van der Waals surface area contributed by atoms with Crippen LogP contribution in [0.5, 0.6) is 0 Å². The Morgan fingerprint density at radius 2 is 1.79 bits per heavy atom. The lowest BCUT2D eigenvalue weighted by Crippen LogP contribution is -2.55. The number of fused-ring (bicyclic) bond motifs is 1. The van der Waals surface area contributed by atoms with E-state index in [9.17, 15) is 4.79 Å². The molecule has 128 valence electrons. The number of nitrogens with zero attached hydrogens (tertiary/aromatic N) is 3. The van der Waals surface area contributed by atoms with Gasteiger partial charge in [-0.05, 0) is 45.4 Å². The number of hydrogen-bond acceptors (Lipinski definition) is 3. The van der Waals surface area contributed by atoms with Crippen LogP contribution >= 0.6 is 0 Å². The van der Waals surface area contributed by atoms with E-state index in [0.717, 1.165) is 37.5 Å². The lowest BCUT2D eigenvalue weighted by Gasteiger charge is -2.37. The fourth-order valence-electron chi connectivity index (χ4n) is 3.05. The standard InChI is InChI=1S/C19H26N4O/c1-14-13-15-7-5-6-8-16(15)20-17(14)22-9-11-23(12-10-22)18(24)21-19(2,3)4/h5-8,13H,9-12H2,1-4H3,(H,21,24). The van der Waals surface area contributed by atoms with Crippen LogP contribution in [-0.4, -0.2) is 47.6 Å². The molecular formula is C19H26N4O. The number of carbonyl (C=O) groups is 1. The monoisotopic (exact) mass is 326 g/mol. The van der Waals surface area contributed by atoms with E-state index in [1.165, 1.54) is 10.9 Å². The van der Waals surface area contributed by atoms with Gasteiger partial charge in [0.15, 0.2) is 0 Å². The Kier molecular flexibility index (Phi) is 4.35. The number of aryl methyl sites for hydroxylation is 1. The quantitative estimate of drug-likeness (QED) is 0.875. The SMILES string of the molecule is Cc1cc2ccccc2nc1N1CCN(C(=O)NC(C)(C)C)CC1. The number of pyridine rings is 1. The third kappa shape index (κ3) is 3.61. The summed E-state index contributed by atoms with van der Waals surface area (Å²) in [5.74, 6) is 1.03. The highest BCUT2D eigenvalue weighted by Gasteiger charge is 2.25. The van der Waals surface area contributed by atoms with Crippen LogP contribution in [0, 0.1) is 6.92 Å². The molecule has 0 unspecified atom stereocenters. The van der Waals surface area contributed by atoms with E-state index in [-0.39, 0.29) is 11.6 Å². The zero-order valence-electron chi connectivity index (χ0n) is 15.0. The lowest BCUT2D eigenvalue weighted by molar-refractivity contribution is 0.185. The minimum absolute atomic E-state index is 0.0188. The highest BCUT2D eigenvalue weighted by Crippen LogP contribution is 2.24. The van der Waals surface area contributed by atoms with Crippen LogP contribution in [-0.2, 0) is 0 Å². The number of nitrogens with one attached hydrogen (secondary N) is 1. The number of urea groups is 1. The van der Waals surface area contributed by atoms with Gasteiger partial charge in [-0.2, -0.15) is 0 Å². The van der Waals surface area contributed by atoms with E-state index >= 15 is 0 Å². The molecule has 1 N–H and O–H groups in total. The number of rotatable bonds is 1. The molecule has 2 aromatic rings. The van der Waals surface area contributed by atoms with Crippen molar-refractivity contribution in [3.8, 4) is 0 Å². The van der Waals surface area contributed by atoms with Gasteiger partial charge < -0.3 is 15.1 Å². The number of piperazine rings is 1. The van der Waals surface area contributed by atoms with Crippen molar-refractivity contribution in [3.63, 3.8) is 0 Å². The largest absolute Gasteiger partial charge is 0.353 e. The maximum atomic E-state index is 12.3. The summed E-state index contributed by atoms with van der Waals surface area (Å²) in [6.07, 6.45) is 0. The lowest BCUT2D eigenvalue weighted by atomic mass is 10.1. The summed E-state index contributed by atoms with van der Waals surface area (Å²) in [4.78, 5) is 21.3. The number of para-hydroxylation sites is 1. The number of aromatic nitrogens is 1. The van der Waals surface area contributed by atoms with Gasteiger partial charge in [0, 0.05) is 37.1 Å². The van der Waals surface area contributed by atoms with E-state index in [1.807, 2.05) is 43.9 Å².